The molecule has 160 valence electrons. The van der Waals surface area contributed by atoms with Crippen LogP contribution in [0.3, 0.4) is 0 Å². The van der Waals surface area contributed by atoms with E-state index in [2.05, 4.69) is 29.3 Å². The summed E-state index contributed by atoms with van der Waals surface area (Å²) in [6.07, 6.45) is 0.102. The van der Waals surface area contributed by atoms with Crippen LogP contribution in [0, 0.1) is 6.92 Å². The minimum absolute atomic E-state index is 0.156. The third kappa shape index (κ3) is 5.42. The summed E-state index contributed by atoms with van der Waals surface area (Å²) in [7, 11) is 1.36. The first-order chi connectivity index (χ1) is 13.5. The molecule has 0 bridgehead atoms. The van der Waals surface area contributed by atoms with Gasteiger partial charge in [0.1, 0.15) is 5.60 Å². The van der Waals surface area contributed by atoms with Gasteiger partial charge in [-0.05, 0) is 59.2 Å². The Kier molecular flexibility index (Phi) is 7.19. The zero-order valence-corrected chi connectivity index (χ0v) is 18.9. The third-order valence-corrected chi connectivity index (χ3v) is 4.66. The first-order valence-corrected chi connectivity index (χ1v) is 9.97. The van der Waals surface area contributed by atoms with E-state index in [0.717, 1.165) is 22.2 Å². The Labute approximate surface area is 176 Å². The highest BCUT2D eigenvalue weighted by atomic mass is 35.5. The van der Waals surface area contributed by atoms with Gasteiger partial charge in [-0.2, -0.15) is 0 Å². The largest absolute Gasteiger partial charge is 0.465 e. The van der Waals surface area contributed by atoms with Crippen molar-refractivity contribution < 1.29 is 19.1 Å². The predicted octanol–water partition coefficient (Wildman–Crippen LogP) is 4.54. The summed E-state index contributed by atoms with van der Waals surface area (Å²) in [6, 6.07) is 3.66. The van der Waals surface area contributed by atoms with Crippen molar-refractivity contribution in [3.05, 3.63) is 34.0 Å². The van der Waals surface area contributed by atoms with Gasteiger partial charge in [-0.3, -0.25) is 5.43 Å². The van der Waals surface area contributed by atoms with E-state index in [1.165, 1.54) is 7.11 Å². The van der Waals surface area contributed by atoms with Crippen molar-refractivity contribution >= 4 is 34.6 Å². The van der Waals surface area contributed by atoms with Crippen molar-refractivity contribution in [2.24, 2.45) is 0 Å². The molecule has 0 saturated heterocycles. The lowest BCUT2D eigenvalue weighted by molar-refractivity contribution is 0.0497. The highest BCUT2D eigenvalue weighted by molar-refractivity contribution is 6.32. The second-order valence-corrected chi connectivity index (χ2v) is 8.61. The van der Waals surface area contributed by atoms with E-state index in [1.54, 1.807) is 26.8 Å². The molecule has 1 heterocycles. The van der Waals surface area contributed by atoms with Gasteiger partial charge in [-0.15, -0.1) is 0 Å². The van der Waals surface area contributed by atoms with Crippen molar-refractivity contribution in [1.29, 1.82) is 0 Å². The molecular formula is C21H30ClN3O4. The monoisotopic (exact) mass is 423 g/mol. The highest BCUT2D eigenvalue weighted by Crippen LogP contribution is 2.34. The second-order valence-electron chi connectivity index (χ2n) is 8.18. The number of benzene rings is 1. The van der Waals surface area contributed by atoms with E-state index in [1.807, 2.05) is 13.0 Å². The maximum atomic E-state index is 12.3. The SMILES string of the molecule is COC(=O)c1cc(Cl)cc2c1c(C)c(CCNNC(=O)OC(C)(C)C)n2C(C)C. The molecule has 1 aromatic carbocycles. The molecule has 1 amide bonds. The Balaban J connectivity index is 2.31. The van der Waals surface area contributed by atoms with Gasteiger partial charge in [-0.1, -0.05) is 11.6 Å². The van der Waals surface area contributed by atoms with E-state index in [0.29, 0.717) is 23.6 Å². The number of aromatic nitrogens is 1. The average molecular weight is 424 g/mol. The number of fused-ring (bicyclic) bond motifs is 1. The summed E-state index contributed by atoms with van der Waals surface area (Å²) in [5, 5.41) is 1.32. The van der Waals surface area contributed by atoms with Crippen LogP contribution >= 0.6 is 11.6 Å². The topological polar surface area (TPSA) is 81.6 Å². The molecule has 0 aliphatic rings. The van der Waals surface area contributed by atoms with E-state index in [4.69, 9.17) is 21.1 Å². The fourth-order valence-electron chi connectivity index (χ4n) is 3.43. The van der Waals surface area contributed by atoms with Gasteiger partial charge in [0, 0.05) is 35.1 Å². The van der Waals surface area contributed by atoms with Crippen molar-refractivity contribution in [1.82, 2.24) is 15.4 Å². The van der Waals surface area contributed by atoms with Crippen LogP contribution in [0.5, 0.6) is 0 Å². The van der Waals surface area contributed by atoms with E-state index < -0.39 is 17.7 Å². The zero-order chi connectivity index (χ0) is 21.9. The molecule has 7 nitrogen and oxygen atoms in total. The van der Waals surface area contributed by atoms with Gasteiger partial charge in [0.05, 0.1) is 18.2 Å². The summed E-state index contributed by atoms with van der Waals surface area (Å²) in [4.78, 5) is 24.1. The van der Waals surface area contributed by atoms with Crippen molar-refractivity contribution in [2.45, 2.75) is 59.6 Å². The first-order valence-electron chi connectivity index (χ1n) is 9.59. The molecule has 29 heavy (non-hydrogen) atoms. The standard InChI is InChI=1S/C21H30ClN3O4/c1-12(2)25-16(8-9-23-24-20(27)29-21(4,5)6)13(3)18-15(19(26)28-7)10-14(22)11-17(18)25/h10-12,23H,8-9H2,1-7H3,(H,24,27). The summed E-state index contributed by atoms with van der Waals surface area (Å²) in [5.41, 5.74) is 8.27. The molecule has 0 unspecified atom stereocenters. The Bertz CT molecular complexity index is 913. The van der Waals surface area contributed by atoms with E-state index in [9.17, 15) is 9.59 Å². The molecule has 2 N–H and O–H groups in total. The summed E-state index contributed by atoms with van der Waals surface area (Å²) in [5.74, 6) is -0.419. The molecular weight excluding hydrogens is 394 g/mol. The summed E-state index contributed by atoms with van der Waals surface area (Å²) < 4.78 is 12.3. The number of hydrogen-bond acceptors (Lipinski definition) is 5. The molecule has 8 heteroatoms. The number of esters is 1. The summed E-state index contributed by atoms with van der Waals surface area (Å²) in [6.45, 7) is 12.0. The van der Waals surface area contributed by atoms with Crippen molar-refractivity contribution in [3.8, 4) is 0 Å². The smallest absolute Gasteiger partial charge is 0.422 e. The van der Waals surface area contributed by atoms with Crippen LogP contribution in [0.2, 0.25) is 5.02 Å². The quantitative estimate of drug-likeness (QED) is 0.405. The molecule has 2 aromatic rings. The van der Waals surface area contributed by atoms with Crippen LogP contribution < -0.4 is 10.9 Å². The number of nitrogens with one attached hydrogen (secondary N) is 2. The Morgan fingerprint density at radius 3 is 2.45 bits per heavy atom. The lowest BCUT2D eigenvalue weighted by atomic mass is 10.0. The number of hydrogen-bond donors (Lipinski definition) is 2. The highest BCUT2D eigenvalue weighted by Gasteiger charge is 2.22. The van der Waals surface area contributed by atoms with Crippen LogP contribution in [0.1, 0.15) is 62.3 Å². The minimum Gasteiger partial charge on any atom is -0.465 e. The number of ether oxygens (including phenoxy) is 2. The number of aryl methyl sites for hydroxylation is 1. The van der Waals surface area contributed by atoms with Crippen LogP contribution in [0.15, 0.2) is 12.1 Å². The second kappa shape index (κ2) is 9.05. The van der Waals surface area contributed by atoms with Gasteiger partial charge in [0.15, 0.2) is 0 Å². The molecule has 0 aliphatic heterocycles. The lowest BCUT2D eigenvalue weighted by Crippen LogP contribution is -2.42. The van der Waals surface area contributed by atoms with Gasteiger partial charge in [0.2, 0.25) is 0 Å². The zero-order valence-electron chi connectivity index (χ0n) is 18.1. The number of rotatable bonds is 6. The van der Waals surface area contributed by atoms with Crippen molar-refractivity contribution in [2.75, 3.05) is 13.7 Å². The number of methoxy groups -OCH3 is 1. The van der Waals surface area contributed by atoms with Gasteiger partial charge in [-0.25, -0.2) is 15.0 Å². The maximum Gasteiger partial charge on any atom is 0.422 e. The molecule has 0 atom stereocenters. The normalized spacial score (nSPS) is 11.8. The Morgan fingerprint density at radius 1 is 1.24 bits per heavy atom. The molecule has 0 aliphatic carbocycles. The number of carbonyl (C=O) groups is 2. The van der Waals surface area contributed by atoms with Gasteiger partial charge in [0.25, 0.3) is 0 Å². The first kappa shape index (κ1) is 23.0. The number of amides is 1. The Morgan fingerprint density at radius 2 is 1.90 bits per heavy atom. The molecule has 0 fully saturated rings. The summed E-state index contributed by atoms with van der Waals surface area (Å²) >= 11 is 6.28. The van der Waals surface area contributed by atoms with Gasteiger partial charge < -0.3 is 14.0 Å². The number of nitrogens with zero attached hydrogens (tertiary/aromatic N) is 1. The van der Waals surface area contributed by atoms with Crippen LogP contribution in [-0.4, -0.2) is 35.9 Å². The number of halogens is 1. The fourth-order valence-corrected chi connectivity index (χ4v) is 3.65. The predicted molar refractivity (Wildman–Crippen MR) is 114 cm³/mol. The van der Waals surface area contributed by atoms with E-state index in [-0.39, 0.29) is 6.04 Å². The third-order valence-electron chi connectivity index (χ3n) is 4.44. The fraction of sp³-hybridized carbons (Fsp3) is 0.524. The molecule has 2 rings (SSSR count). The van der Waals surface area contributed by atoms with Crippen molar-refractivity contribution in [3.63, 3.8) is 0 Å². The van der Waals surface area contributed by atoms with Gasteiger partial charge >= 0.3 is 12.1 Å². The minimum atomic E-state index is -0.560. The molecule has 0 saturated carbocycles. The maximum absolute atomic E-state index is 12.3. The lowest BCUT2D eigenvalue weighted by Gasteiger charge is -2.20. The van der Waals surface area contributed by atoms with Crippen LogP contribution in [0.25, 0.3) is 10.9 Å². The van der Waals surface area contributed by atoms with Crippen LogP contribution in [0.4, 0.5) is 4.79 Å². The number of carbonyl (C=O) groups excluding carboxylic acids is 2. The Hall–Kier alpha value is -2.25. The van der Waals surface area contributed by atoms with E-state index >= 15 is 0 Å². The molecule has 0 radical (unpaired) electrons. The van der Waals surface area contributed by atoms with Crippen LogP contribution in [-0.2, 0) is 15.9 Å². The molecule has 1 aromatic heterocycles. The number of hydrazine groups is 1. The molecule has 0 spiro atoms. The average Bonchev–Trinajstić information content (AvgIpc) is 2.87.